The molecule has 0 aliphatic carbocycles. The van der Waals surface area contributed by atoms with Crippen molar-refractivity contribution in [3.63, 3.8) is 0 Å². The summed E-state index contributed by atoms with van der Waals surface area (Å²) in [6, 6.07) is 16.4. The normalized spacial score (nSPS) is 13.8. The van der Waals surface area contributed by atoms with Gasteiger partial charge in [-0.25, -0.2) is 0 Å². The molecular weight excluding hydrogens is 400 g/mol. The van der Waals surface area contributed by atoms with Gasteiger partial charge in [-0.2, -0.15) is 0 Å². The van der Waals surface area contributed by atoms with Crippen molar-refractivity contribution in [1.29, 1.82) is 0 Å². The fraction of sp³-hybridized carbons (Fsp3) is 0.500. The molecule has 4 nitrogen and oxygen atoms in total. The highest BCUT2D eigenvalue weighted by Gasteiger charge is 2.21. The topological polar surface area (TPSA) is 52.6 Å². The molecule has 0 aromatic heterocycles. The van der Waals surface area contributed by atoms with Gasteiger partial charge in [-0.1, -0.05) is 82.1 Å². The third-order valence-electron chi connectivity index (χ3n) is 5.76. The van der Waals surface area contributed by atoms with Crippen LogP contribution < -0.4 is 0 Å². The second-order valence-corrected chi connectivity index (χ2v) is 8.63. The molecule has 2 rings (SSSR count). The van der Waals surface area contributed by atoms with Gasteiger partial charge >= 0.3 is 11.9 Å². The Hall–Kier alpha value is -2.62. The quantitative estimate of drug-likeness (QED) is 0.338. The molecule has 0 saturated heterocycles. The zero-order valence-electron chi connectivity index (χ0n) is 20.2. The molecule has 3 unspecified atom stereocenters. The van der Waals surface area contributed by atoms with Gasteiger partial charge in [0.2, 0.25) is 0 Å². The van der Waals surface area contributed by atoms with E-state index in [9.17, 15) is 9.59 Å². The number of carbonyl (C=O) groups is 2. The zero-order valence-corrected chi connectivity index (χ0v) is 20.2. The van der Waals surface area contributed by atoms with E-state index in [2.05, 4.69) is 38.1 Å². The third kappa shape index (κ3) is 8.14. The molecule has 0 aliphatic rings. The minimum absolute atomic E-state index is 0.189. The molecule has 0 fully saturated rings. The van der Waals surface area contributed by atoms with Crippen molar-refractivity contribution in [3.8, 4) is 0 Å². The highest BCUT2D eigenvalue weighted by molar-refractivity contribution is 5.74. The standard InChI is InChI=1S/C28H38O4/c1-6-8-23-11-15-25(16-12-23)21(4)31-27(29)19-10-20(3)28(30)32-22(5)26-17-13-24(9-7-2)14-18-26/h11-18,20-22H,6-10,19H2,1-5H3. The Morgan fingerprint density at radius 3 is 1.59 bits per heavy atom. The molecule has 32 heavy (non-hydrogen) atoms. The summed E-state index contributed by atoms with van der Waals surface area (Å²) in [6.45, 7) is 9.85. The number of rotatable bonds is 12. The van der Waals surface area contributed by atoms with E-state index in [4.69, 9.17) is 9.47 Å². The van der Waals surface area contributed by atoms with Crippen LogP contribution in [-0.4, -0.2) is 11.9 Å². The lowest BCUT2D eigenvalue weighted by Crippen LogP contribution is -2.19. The van der Waals surface area contributed by atoms with Crippen LogP contribution in [0.5, 0.6) is 0 Å². The van der Waals surface area contributed by atoms with Crippen LogP contribution in [-0.2, 0) is 31.9 Å². The summed E-state index contributed by atoms with van der Waals surface area (Å²) in [6.07, 6.45) is 4.27. The lowest BCUT2D eigenvalue weighted by atomic mass is 10.0. The fourth-order valence-electron chi connectivity index (χ4n) is 3.62. The van der Waals surface area contributed by atoms with E-state index in [-0.39, 0.29) is 36.5 Å². The molecule has 0 aliphatic heterocycles. The van der Waals surface area contributed by atoms with Gasteiger partial charge in [0.05, 0.1) is 5.92 Å². The van der Waals surface area contributed by atoms with E-state index < -0.39 is 0 Å². The van der Waals surface area contributed by atoms with Crippen LogP contribution in [0.2, 0.25) is 0 Å². The average molecular weight is 439 g/mol. The first-order valence-corrected chi connectivity index (χ1v) is 11.9. The van der Waals surface area contributed by atoms with Crippen LogP contribution in [0.1, 0.15) is 94.8 Å². The molecular formula is C28H38O4. The highest BCUT2D eigenvalue weighted by Crippen LogP contribution is 2.22. The summed E-state index contributed by atoms with van der Waals surface area (Å²) in [7, 11) is 0. The van der Waals surface area contributed by atoms with Crippen molar-refractivity contribution in [2.75, 3.05) is 0 Å². The van der Waals surface area contributed by atoms with Crippen molar-refractivity contribution in [2.24, 2.45) is 5.92 Å². The van der Waals surface area contributed by atoms with Gasteiger partial charge in [0, 0.05) is 6.42 Å². The second-order valence-electron chi connectivity index (χ2n) is 8.63. The minimum Gasteiger partial charge on any atom is -0.458 e. The molecule has 0 bridgehead atoms. The Morgan fingerprint density at radius 1 is 0.719 bits per heavy atom. The zero-order chi connectivity index (χ0) is 23.5. The first-order chi connectivity index (χ1) is 15.3. The van der Waals surface area contributed by atoms with Gasteiger partial charge in [0.15, 0.2) is 0 Å². The monoisotopic (exact) mass is 438 g/mol. The van der Waals surface area contributed by atoms with E-state index in [0.717, 1.165) is 36.8 Å². The molecule has 0 amide bonds. The number of hydrogen-bond donors (Lipinski definition) is 0. The summed E-state index contributed by atoms with van der Waals surface area (Å²) in [5.41, 5.74) is 4.52. The van der Waals surface area contributed by atoms with Crippen LogP contribution in [0, 0.1) is 5.92 Å². The Labute approximate surface area is 193 Å². The summed E-state index contributed by atoms with van der Waals surface area (Å²) < 4.78 is 11.2. The maximum absolute atomic E-state index is 12.5. The first kappa shape index (κ1) is 25.6. The maximum atomic E-state index is 12.5. The molecule has 0 spiro atoms. The predicted molar refractivity (Wildman–Crippen MR) is 128 cm³/mol. The number of benzene rings is 2. The van der Waals surface area contributed by atoms with E-state index >= 15 is 0 Å². The van der Waals surface area contributed by atoms with Crippen LogP contribution in [0.3, 0.4) is 0 Å². The molecule has 2 aromatic carbocycles. The number of esters is 2. The highest BCUT2D eigenvalue weighted by atomic mass is 16.5. The number of aryl methyl sites for hydroxylation is 2. The molecule has 3 atom stereocenters. The largest absolute Gasteiger partial charge is 0.458 e. The minimum atomic E-state index is -0.368. The second kappa shape index (κ2) is 13.0. The molecule has 0 heterocycles. The summed E-state index contributed by atoms with van der Waals surface area (Å²) in [4.78, 5) is 24.7. The van der Waals surface area contributed by atoms with Crippen molar-refractivity contribution >= 4 is 11.9 Å². The molecule has 0 saturated carbocycles. The molecule has 2 aromatic rings. The van der Waals surface area contributed by atoms with Crippen LogP contribution in [0.4, 0.5) is 0 Å². The first-order valence-electron chi connectivity index (χ1n) is 11.9. The van der Waals surface area contributed by atoms with Crippen LogP contribution in [0.25, 0.3) is 0 Å². The van der Waals surface area contributed by atoms with E-state index in [1.165, 1.54) is 11.1 Å². The van der Waals surface area contributed by atoms with Gasteiger partial charge in [-0.15, -0.1) is 0 Å². The Bertz CT molecular complexity index is 839. The predicted octanol–water partition coefficient (Wildman–Crippen LogP) is 6.92. The summed E-state index contributed by atoms with van der Waals surface area (Å²) >= 11 is 0. The van der Waals surface area contributed by atoms with Crippen molar-refractivity contribution in [2.45, 2.75) is 85.4 Å². The number of hydrogen-bond acceptors (Lipinski definition) is 4. The molecule has 0 N–H and O–H groups in total. The van der Waals surface area contributed by atoms with E-state index in [1.807, 2.05) is 38.1 Å². The van der Waals surface area contributed by atoms with Gasteiger partial charge in [0.25, 0.3) is 0 Å². The number of ether oxygens (including phenoxy) is 2. The van der Waals surface area contributed by atoms with Gasteiger partial charge in [-0.3, -0.25) is 9.59 Å². The molecule has 4 heteroatoms. The lowest BCUT2D eigenvalue weighted by Gasteiger charge is -2.18. The van der Waals surface area contributed by atoms with Gasteiger partial charge in [-0.05, 0) is 55.4 Å². The Morgan fingerprint density at radius 2 is 1.16 bits per heavy atom. The van der Waals surface area contributed by atoms with Gasteiger partial charge in [0.1, 0.15) is 12.2 Å². The Kier molecular flexibility index (Phi) is 10.5. The smallest absolute Gasteiger partial charge is 0.309 e. The SMILES string of the molecule is CCCc1ccc(C(C)OC(=O)CCC(C)C(=O)OC(C)c2ccc(CCC)cc2)cc1. The van der Waals surface area contributed by atoms with Crippen molar-refractivity contribution in [1.82, 2.24) is 0 Å². The van der Waals surface area contributed by atoms with Crippen molar-refractivity contribution < 1.29 is 19.1 Å². The van der Waals surface area contributed by atoms with Crippen LogP contribution >= 0.6 is 0 Å². The van der Waals surface area contributed by atoms with Crippen LogP contribution in [0.15, 0.2) is 48.5 Å². The van der Waals surface area contributed by atoms with Crippen molar-refractivity contribution in [3.05, 3.63) is 70.8 Å². The van der Waals surface area contributed by atoms with E-state index in [0.29, 0.717) is 6.42 Å². The molecule has 0 radical (unpaired) electrons. The molecule has 174 valence electrons. The maximum Gasteiger partial charge on any atom is 0.309 e. The number of carbonyl (C=O) groups excluding carboxylic acids is 2. The summed E-state index contributed by atoms with van der Waals surface area (Å²) in [5, 5.41) is 0. The fourth-order valence-corrected chi connectivity index (χ4v) is 3.62. The third-order valence-corrected chi connectivity index (χ3v) is 5.76. The van der Waals surface area contributed by atoms with E-state index in [1.54, 1.807) is 6.92 Å². The van der Waals surface area contributed by atoms with Gasteiger partial charge < -0.3 is 9.47 Å². The average Bonchev–Trinajstić information content (AvgIpc) is 2.78. The Balaban J connectivity index is 1.77. The lowest BCUT2D eigenvalue weighted by molar-refractivity contribution is -0.154. The summed E-state index contributed by atoms with van der Waals surface area (Å²) in [5.74, 6) is -0.954.